The largest absolute Gasteiger partial charge is 0.350 e. The number of H-pyrrole nitrogens is 1. The third-order valence-electron chi connectivity index (χ3n) is 3.94. The van der Waals surface area contributed by atoms with Crippen molar-refractivity contribution in [2.45, 2.75) is 6.54 Å². The van der Waals surface area contributed by atoms with Gasteiger partial charge in [-0.3, -0.25) is 0 Å². The van der Waals surface area contributed by atoms with E-state index in [4.69, 9.17) is 11.6 Å². The summed E-state index contributed by atoms with van der Waals surface area (Å²) in [6.45, 7) is 1.80. The summed E-state index contributed by atoms with van der Waals surface area (Å²) in [5.41, 5.74) is 3.74. The summed E-state index contributed by atoms with van der Waals surface area (Å²) in [4.78, 5) is 5.91. The van der Waals surface area contributed by atoms with Crippen molar-refractivity contribution in [3.05, 3.63) is 70.8 Å². The summed E-state index contributed by atoms with van der Waals surface area (Å²) >= 11 is 5.96. The highest BCUT2D eigenvalue weighted by molar-refractivity contribution is 6.30. The highest BCUT2D eigenvalue weighted by Gasteiger charge is 2.18. The van der Waals surface area contributed by atoms with E-state index in [2.05, 4.69) is 58.4 Å². The zero-order chi connectivity index (χ0) is 14.2. The molecule has 0 saturated heterocycles. The molecule has 0 bridgehead atoms. The summed E-state index contributed by atoms with van der Waals surface area (Å²) in [6, 6.07) is 16.5. The second-order valence-corrected chi connectivity index (χ2v) is 5.78. The Balaban J connectivity index is 1.73. The molecule has 3 aromatic rings. The van der Waals surface area contributed by atoms with Crippen molar-refractivity contribution in [3.63, 3.8) is 0 Å². The van der Waals surface area contributed by atoms with Gasteiger partial charge in [0, 0.05) is 34.6 Å². The van der Waals surface area contributed by atoms with Crippen molar-refractivity contribution >= 4 is 34.4 Å². The normalized spacial score (nSPS) is 13.7. The molecule has 4 rings (SSSR count). The molecule has 1 aliphatic heterocycles. The van der Waals surface area contributed by atoms with Gasteiger partial charge in [0.25, 0.3) is 0 Å². The quantitative estimate of drug-likeness (QED) is 0.715. The maximum absolute atomic E-state index is 5.96. The van der Waals surface area contributed by atoms with E-state index in [9.17, 15) is 0 Å². The van der Waals surface area contributed by atoms with Crippen molar-refractivity contribution in [3.8, 4) is 0 Å². The molecule has 21 heavy (non-hydrogen) atoms. The van der Waals surface area contributed by atoms with Crippen LogP contribution in [0.1, 0.15) is 11.1 Å². The molecule has 2 heterocycles. The second kappa shape index (κ2) is 4.97. The van der Waals surface area contributed by atoms with Crippen LogP contribution in [0.15, 0.2) is 54.6 Å². The highest BCUT2D eigenvalue weighted by atomic mass is 35.5. The Bertz CT molecular complexity index is 815. The molecule has 1 N–H and O–H groups in total. The van der Waals surface area contributed by atoms with E-state index in [0.29, 0.717) is 0 Å². The zero-order valence-corrected chi connectivity index (χ0v) is 12.3. The number of nitrogens with zero attached hydrogens (tertiary/aromatic N) is 1. The monoisotopic (exact) mass is 294 g/mol. The number of para-hydroxylation sites is 1. The number of nitrogens with one attached hydrogen (secondary N) is 1. The molecule has 1 aromatic heterocycles. The first-order chi connectivity index (χ1) is 10.3. The molecule has 104 valence electrons. The summed E-state index contributed by atoms with van der Waals surface area (Å²) in [5, 5.41) is 2.06. The number of benzene rings is 2. The van der Waals surface area contributed by atoms with E-state index >= 15 is 0 Å². The van der Waals surface area contributed by atoms with Crippen LogP contribution in [-0.2, 0) is 6.54 Å². The Hall–Kier alpha value is -2.19. The van der Waals surface area contributed by atoms with Gasteiger partial charge in [0.1, 0.15) is 5.82 Å². The lowest BCUT2D eigenvalue weighted by atomic mass is 10.1. The molecule has 0 atom stereocenters. The molecule has 0 amide bonds. The van der Waals surface area contributed by atoms with Gasteiger partial charge in [-0.1, -0.05) is 54.1 Å². The summed E-state index contributed by atoms with van der Waals surface area (Å²) < 4.78 is 0. The van der Waals surface area contributed by atoms with E-state index in [1.165, 1.54) is 27.8 Å². The van der Waals surface area contributed by atoms with Gasteiger partial charge in [-0.2, -0.15) is 0 Å². The lowest BCUT2D eigenvalue weighted by Gasteiger charge is -2.25. The Labute approximate surface area is 128 Å². The maximum atomic E-state index is 5.96. The van der Waals surface area contributed by atoms with Crippen molar-refractivity contribution < 1.29 is 0 Å². The number of rotatable bonds is 2. The minimum absolute atomic E-state index is 0.781. The molecule has 1 aliphatic rings. The van der Waals surface area contributed by atoms with Gasteiger partial charge in [0.05, 0.1) is 0 Å². The van der Waals surface area contributed by atoms with Gasteiger partial charge < -0.3 is 9.88 Å². The lowest BCUT2D eigenvalue weighted by Crippen LogP contribution is -2.25. The van der Waals surface area contributed by atoms with E-state index in [1.807, 2.05) is 12.1 Å². The van der Waals surface area contributed by atoms with Gasteiger partial charge in [-0.25, -0.2) is 0 Å². The summed E-state index contributed by atoms with van der Waals surface area (Å²) in [6.07, 6.45) is 4.44. The van der Waals surface area contributed by atoms with E-state index in [1.54, 1.807) is 0 Å². The molecule has 0 saturated carbocycles. The van der Waals surface area contributed by atoms with Gasteiger partial charge >= 0.3 is 0 Å². The highest BCUT2D eigenvalue weighted by Crippen LogP contribution is 2.33. The average Bonchev–Trinajstić information content (AvgIpc) is 2.89. The van der Waals surface area contributed by atoms with Crippen LogP contribution in [0.3, 0.4) is 0 Å². The molecular weight excluding hydrogens is 280 g/mol. The van der Waals surface area contributed by atoms with Crippen LogP contribution >= 0.6 is 11.6 Å². The van der Waals surface area contributed by atoms with E-state index in [-0.39, 0.29) is 0 Å². The first-order valence-electron chi connectivity index (χ1n) is 7.08. The molecule has 0 aliphatic carbocycles. The SMILES string of the molecule is Clc1ccc(CN2CC=Cc3c2[nH]c2ccccc32)cc1. The maximum Gasteiger partial charge on any atom is 0.114 e. The fourth-order valence-corrected chi connectivity index (χ4v) is 3.04. The van der Waals surface area contributed by atoms with Crippen molar-refractivity contribution in [2.75, 3.05) is 11.4 Å². The number of aromatic amines is 1. The predicted molar refractivity (Wildman–Crippen MR) is 89.8 cm³/mol. The number of aromatic nitrogens is 1. The molecule has 0 fully saturated rings. The van der Waals surface area contributed by atoms with Crippen LogP contribution in [-0.4, -0.2) is 11.5 Å². The third-order valence-corrected chi connectivity index (χ3v) is 4.19. The van der Waals surface area contributed by atoms with Gasteiger partial charge in [0.2, 0.25) is 0 Å². The topological polar surface area (TPSA) is 19.0 Å². The minimum Gasteiger partial charge on any atom is -0.350 e. The summed E-state index contributed by atoms with van der Waals surface area (Å²) in [7, 11) is 0. The number of hydrogen-bond acceptors (Lipinski definition) is 1. The fourth-order valence-electron chi connectivity index (χ4n) is 2.91. The van der Waals surface area contributed by atoms with Gasteiger partial charge in [0.15, 0.2) is 0 Å². The fraction of sp³-hybridized carbons (Fsp3) is 0.111. The second-order valence-electron chi connectivity index (χ2n) is 5.34. The van der Waals surface area contributed by atoms with Crippen LogP contribution in [0.5, 0.6) is 0 Å². The molecular formula is C18H15ClN2. The number of fused-ring (bicyclic) bond motifs is 3. The van der Waals surface area contributed by atoms with Crippen LogP contribution < -0.4 is 4.90 Å². The summed E-state index contributed by atoms with van der Waals surface area (Å²) in [5.74, 6) is 1.20. The zero-order valence-electron chi connectivity index (χ0n) is 11.5. The first kappa shape index (κ1) is 12.5. The van der Waals surface area contributed by atoms with Crippen molar-refractivity contribution in [1.82, 2.24) is 4.98 Å². The average molecular weight is 295 g/mol. The van der Waals surface area contributed by atoms with Crippen LogP contribution in [0.4, 0.5) is 5.82 Å². The third kappa shape index (κ3) is 2.22. The van der Waals surface area contributed by atoms with Crippen molar-refractivity contribution in [1.29, 1.82) is 0 Å². The van der Waals surface area contributed by atoms with Crippen LogP contribution in [0.2, 0.25) is 5.02 Å². The van der Waals surface area contributed by atoms with Crippen molar-refractivity contribution in [2.24, 2.45) is 0 Å². The molecule has 0 radical (unpaired) electrons. The molecule has 0 spiro atoms. The van der Waals surface area contributed by atoms with Crippen LogP contribution in [0, 0.1) is 0 Å². The number of hydrogen-bond donors (Lipinski definition) is 1. The number of halogens is 1. The molecule has 2 aromatic carbocycles. The Morgan fingerprint density at radius 3 is 2.71 bits per heavy atom. The Morgan fingerprint density at radius 2 is 1.86 bits per heavy atom. The first-order valence-corrected chi connectivity index (χ1v) is 7.46. The van der Waals surface area contributed by atoms with Crippen LogP contribution in [0.25, 0.3) is 17.0 Å². The van der Waals surface area contributed by atoms with Gasteiger partial charge in [-0.15, -0.1) is 0 Å². The van der Waals surface area contributed by atoms with Gasteiger partial charge in [-0.05, 0) is 23.8 Å². The molecule has 0 unspecified atom stereocenters. The molecule has 2 nitrogen and oxygen atoms in total. The molecule has 3 heteroatoms. The van der Waals surface area contributed by atoms with E-state index in [0.717, 1.165) is 18.1 Å². The van der Waals surface area contributed by atoms with E-state index < -0.39 is 0 Å². The lowest BCUT2D eigenvalue weighted by molar-refractivity contribution is 0.847. The number of anilines is 1. The smallest absolute Gasteiger partial charge is 0.114 e. The standard InChI is InChI=1S/C18H15ClN2/c19-14-9-7-13(8-10-14)12-21-11-3-5-16-15-4-1-2-6-17(15)20-18(16)21/h1-10,20H,11-12H2. The Kier molecular flexibility index (Phi) is 2.97. The predicted octanol–water partition coefficient (Wildman–Crippen LogP) is 4.85. The Morgan fingerprint density at radius 1 is 1.05 bits per heavy atom. The minimum atomic E-state index is 0.781.